The molecule has 0 radical (unpaired) electrons. The summed E-state index contributed by atoms with van der Waals surface area (Å²) in [5, 5.41) is 12.0. The maximum Gasteiger partial charge on any atom is 0.310 e. The van der Waals surface area contributed by atoms with Crippen LogP contribution < -0.4 is 5.32 Å². The van der Waals surface area contributed by atoms with Crippen molar-refractivity contribution in [2.75, 3.05) is 11.9 Å². The summed E-state index contributed by atoms with van der Waals surface area (Å²) < 4.78 is 0. The van der Waals surface area contributed by atoms with Gasteiger partial charge in [0.2, 0.25) is 0 Å². The monoisotopic (exact) mass is 237 g/mol. The van der Waals surface area contributed by atoms with Crippen molar-refractivity contribution in [1.29, 1.82) is 0 Å². The highest BCUT2D eigenvalue weighted by Gasteiger charge is 2.26. The molecule has 1 aromatic heterocycles. The van der Waals surface area contributed by atoms with E-state index in [9.17, 15) is 4.79 Å². The largest absolute Gasteiger partial charge is 0.481 e. The van der Waals surface area contributed by atoms with Gasteiger partial charge in [-0.3, -0.25) is 4.79 Å². The molecule has 94 valence electrons. The highest BCUT2D eigenvalue weighted by molar-refractivity contribution is 5.74. The van der Waals surface area contributed by atoms with Gasteiger partial charge in [0.1, 0.15) is 12.1 Å². The Morgan fingerprint density at radius 1 is 1.47 bits per heavy atom. The van der Waals surface area contributed by atoms with Crippen molar-refractivity contribution in [1.82, 2.24) is 9.97 Å². The second kappa shape index (κ2) is 5.12. The van der Waals surface area contributed by atoms with Crippen LogP contribution in [0.5, 0.6) is 0 Å². The molecule has 1 rings (SSSR count). The number of aliphatic carboxylic acids is 1. The molecule has 2 N–H and O–H groups in total. The van der Waals surface area contributed by atoms with E-state index in [4.69, 9.17) is 5.11 Å². The summed E-state index contributed by atoms with van der Waals surface area (Å²) in [7, 11) is 0. The van der Waals surface area contributed by atoms with Crippen molar-refractivity contribution in [3.63, 3.8) is 0 Å². The lowest BCUT2D eigenvalue weighted by atomic mass is 9.94. The van der Waals surface area contributed by atoms with Crippen molar-refractivity contribution in [2.24, 2.45) is 5.41 Å². The molecular formula is C12H19N3O2. The SMILES string of the molecule is CC(C)c1cc(NCC(C)(C)C(=O)O)ncn1. The Bertz CT molecular complexity index is 402. The van der Waals surface area contributed by atoms with Crippen molar-refractivity contribution >= 4 is 11.8 Å². The molecule has 0 unspecified atom stereocenters. The number of nitrogens with one attached hydrogen (secondary N) is 1. The van der Waals surface area contributed by atoms with Gasteiger partial charge in [-0.15, -0.1) is 0 Å². The number of carboxylic acids is 1. The number of hydrogen-bond acceptors (Lipinski definition) is 4. The van der Waals surface area contributed by atoms with Crippen molar-refractivity contribution in [3.05, 3.63) is 18.1 Å². The Morgan fingerprint density at radius 2 is 2.12 bits per heavy atom. The molecule has 17 heavy (non-hydrogen) atoms. The number of carboxylic acid groups (broad SMARTS) is 1. The molecule has 0 saturated carbocycles. The van der Waals surface area contributed by atoms with Crippen molar-refractivity contribution < 1.29 is 9.90 Å². The zero-order chi connectivity index (χ0) is 13.1. The van der Waals surface area contributed by atoms with E-state index in [2.05, 4.69) is 15.3 Å². The second-order valence-corrected chi connectivity index (χ2v) is 5.03. The zero-order valence-electron chi connectivity index (χ0n) is 10.7. The van der Waals surface area contributed by atoms with Crippen LogP contribution in [0.1, 0.15) is 39.3 Å². The van der Waals surface area contributed by atoms with Gasteiger partial charge in [-0.25, -0.2) is 9.97 Å². The minimum atomic E-state index is -0.830. The fraction of sp³-hybridized carbons (Fsp3) is 0.583. The lowest BCUT2D eigenvalue weighted by molar-refractivity contribution is -0.146. The van der Waals surface area contributed by atoms with Gasteiger partial charge in [-0.1, -0.05) is 13.8 Å². The van der Waals surface area contributed by atoms with Gasteiger partial charge in [0.15, 0.2) is 0 Å². The number of nitrogens with zero attached hydrogens (tertiary/aromatic N) is 2. The van der Waals surface area contributed by atoms with Crippen LogP contribution >= 0.6 is 0 Å². The zero-order valence-corrected chi connectivity index (χ0v) is 10.7. The van der Waals surface area contributed by atoms with Crippen LogP contribution in [-0.4, -0.2) is 27.6 Å². The molecule has 0 aliphatic heterocycles. The van der Waals surface area contributed by atoms with Crippen LogP contribution in [0.4, 0.5) is 5.82 Å². The normalized spacial score (nSPS) is 11.6. The maximum absolute atomic E-state index is 10.9. The van der Waals surface area contributed by atoms with E-state index in [1.54, 1.807) is 13.8 Å². The average molecular weight is 237 g/mol. The summed E-state index contributed by atoms with van der Waals surface area (Å²) >= 11 is 0. The average Bonchev–Trinajstić information content (AvgIpc) is 2.26. The Balaban J connectivity index is 2.70. The molecule has 0 aromatic carbocycles. The first kappa shape index (κ1) is 13.4. The molecule has 0 saturated heterocycles. The fourth-order valence-corrected chi connectivity index (χ4v) is 1.17. The van der Waals surface area contributed by atoms with Crippen LogP contribution in [0.2, 0.25) is 0 Å². The van der Waals surface area contributed by atoms with Gasteiger partial charge < -0.3 is 10.4 Å². The molecule has 0 atom stereocenters. The van der Waals surface area contributed by atoms with Crippen LogP contribution in [-0.2, 0) is 4.79 Å². The molecule has 0 amide bonds. The Labute approximate surface area is 101 Å². The number of carbonyl (C=O) groups is 1. The van der Waals surface area contributed by atoms with Gasteiger partial charge in [-0.05, 0) is 19.8 Å². The molecule has 0 bridgehead atoms. The van der Waals surface area contributed by atoms with Crippen LogP contribution in [0, 0.1) is 5.41 Å². The molecule has 1 heterocycles. The molecule has 0 fully saturated rings. The topological polar surface area (TPSA) is 75.1 Å². The molecule has 0 aliphatic carbocycles. The first-order chi connectivity index (χ1) is 7.83. The van der Waals surface area contributed by atoms with E-state index in [1.165, 1.54) is 6.33 Å². The van der Waals surface area contributed by atoms with E-state index < -0.39 is 11.4 Å². The summed E-state index contributed by atoms with van der Waals surface area (Å²) in [6.07, 6.45) is 1.49. The lowest BCUT2D eigenvalue weighted by Gasteiger charge is -2.20. The summed E-state index contributed by atoms with van der Waals surface area (Å²) in [5.74, 6) is 0.159. The number of rotatable bonds is 5. The van der Waals surface area contributed by atoms with Crippen molar-refractivity contribution in [3.8, 4) is 0 Å². The highest BCUT2D eigenvalue weighted by atomic mass is 16.4. The van der Waals surface area contributed by atoms with Crippen molar-refractivity contribution in [2.45, 2.75) is 33.6 Å². The van der Waals surface area contributed by atoms with Gasteiger partial charge in [0.05, 0.1) is 5.41 Å². The van der Waals surface area contributed by atoms with Gasteiger partial charge in [0, 0.05) is 18.3 Å². The third-order valence-corrected chi connectivity index (χ3v) is 2.57. The van der Waals surface area contributed by atoms with E-state index in [1.807, 2.05) is 19.9 Å². The van der Waals surface area contributed by atoms with Crippen LogP contribution in [0.3, 0.4) is 0 Å². The second-order valence-electron chi connectivity index (χ2n) is 5.03. The molecule has 1 aromatic rings. The van der Waals surface area contributed by atoms with E-state index in [0.717, 1.165) is 5.69 Å². The minimum Gasteiger partial charge on any atom is -0.481 e. The quantitative estimate of drug-likeness (QED) is 0.820. The highest BCUT2D eigenvalue weighted by Crippen LogP contribution is 2.18. The summed E-state index contributed by atoms with van der Waals surface area (Å²) in [6.45, 7) is 7.78. The first-order valence-corrected chi connectivity index (χ1v) is 5.62. The predicted molar refractivity (Wildman–Crippen MR) is 66.0 cm³/mol. The van der Waals surface area contributed by atoms with Crippen LogP contribution in [0.25, 0.3) is 0 Å². The summed E-state index contributed by atoms with van der Waals surface area (Å²) in [5.41, 5.74) is 0.124. The molecule has 5 heteroatoms. The van der Waals surface area contributed by atoms with Gasteiger partial charge in [-0.2, -0.15) is 0 Å². The smallest absolute Gasteiger partial charge is 0.310 e. The minimum absolute atomic E-state index is 0.325. The maximum atomic E-state index is 10.9. The van der Waals surface area contributed by atoms with E-state index in [0.29, 0.717) is 18.3 Å². The van der Waals surface area contributed by atoms with Gasteiger partial charge in [0.25, 0.3) is 0 Å². The molecular weight excluding hydrogens is 218 g/mol. The lowest BCUT2D eigenvalue weighted by Crippen LogP contribution is -2.32. The number of anilines is 1. The Hall–Kier alpha value is -1.65. The first-order valence-electron chi connectivity index (χ1n) is 5.62. The Morgan fingerprint density at radius 3 is 2.65 bits per heavy atom. The molecule has 0 aliphatic rings. The Kier molecular flexibility index (Phi) is 4.04. The third-order valence-electron chi connectivity index (χ3n) is 2.57. The fourth-order valence-electron chi connectivity index (χ4n) is 1.17. The number of aromatic nitrogens is 2. The standard InChI is InChI=1S/C12H19N3O2/c1-8(2)9-5-10(15-7-14-9)13-6-12(3,4)11(16)17/h5,7-8H,6H2,1-4H3,(H,16,17)(H,13,14,15). The predicted octanol–water partition coefficient (Wildman–Crippen LogP) is 2.12. The van der Waals surface area contributed by atoms with Crippen LogP contribution in [0.15, 0.2) is 12.4 Å². The van der Waals surface area contributed by atoms with Gasteiger partial charge >= 0.3 is 5.97 Å². The van der Waals surface area contributed by atoms with E-state index in [-0.39, 0.29) is 0 Å². The van der Waals surface area contributed by atoms with E-state index >= 15 is 0 Å². The third kappa shape index (κ3) is 3.69. The summed E-state index contributed by atoms with van der Waals surface area (Å²) in [4.78, 5) is 19.2. The molecule has 5 nitrogen and oxygen atoms in total. The molecule has 0 spiro atoms. The summed E-state index contributed by atoms with van der Waals surface area (Å²) in [6, 6.07) is 1.85. The number of hydrogen-bond donors (Lipinski definition) is 2.